The number of ether oxygens (including phenoxy) is 2. The minimum absolute atomic E-state index is 0.241. The number of anilines is 1. The molecule has 2 aromatic heterocycles. The topological polar surface area (TPSA) is 85.6 Å². The third-order valence-electron chi connectivity index (χ3n) is 6.29. The maximum atomic E-state index is 12.4. The summed E-state index contributed by atoms with van der Waals surface area (Å²) in [4.78, 5) is 26.1. The lowest BCUT2D eigenvalue weighted by atomic mass is 10.1. The maximum absolute atomic E-state index is 12.4. The van der Waals surface area contributed by atoms with Crippen molar-refractivity contribution < 1.29 is 14.3 Å². The average Bonchev–Trinajstić information content (AvgIpc) is 3.33. The van der Waals surface area contributed by atoms with Gasteiger partial charge in [-0.2, -0.15) is 5.10 Å². The molecule has 3 aromatic rings. The molecular formula is C25H32N6O3. The van der Waals surface area contributed by atoms with Crippen molar-refractivity contribution in [1.29, 1.82) is 0 Å². The van der Waals surface area contributed by atoms with E-state index in [9.17, 15) is 4.79 Å². The highest BCUT2D eigenvalue weighted by Gasteiger charge is 2.28. The number of rotatable bonds is 3. The number of hydrogen-bond donors (Lipinski definition) is 0. The standard InChI is InChI=1S/C25H32N6O3/c1-25(2,3)34-24(32)30-9-7-19(8-10-30)31-17-18(15-27-31)21-16-26-20-5-4-6-22(23(20)28-21)29-11-13-33-14-12-29/h4-6,15-17,19H,7-14H2,1-3H3. The minimum Gasteiger partial charge on any atom is -0.444 e. The first-order valence-electron chi connectivity index (χ1n) is 12.0. The monoisotopic (exact) mass is 464 g/mol. The molecule has 0 radical (unpaired) electrons. The second-order valence-electron chi connectivity index (χ2n) is 9.91. The molecule has 0 bridgehead atoms. The lowest BCUT2D eigenvalue weighted by Crippen LogP contribution is -2.42. The van der Waals surface area contributed by atoms with Crippen LogP contribution in [-0.4, -0.2) is 75.7 Å². The van der Waals surface area contributed by atoms with Gasteiger partial charge in [-0.1, -0.05) is 6.07 Å². The largest absolute Gasteiger partial charge is 0.444 e. The number of aromatic nitrogens is 4. The summed E-state index contributed by atoms with van der Waals surface area (Å²) in [5, 5.41) is 4.63. The van der Waals surface area contributed by atoms with Crippen LogP contribution in [0.15, 0.2) is 36.8 Å². The summed E-state index contributed by atoms with van der Waals surface area (Å²) in [6.45, 7) is 10.1. The number of morpholine rings is 1. The van der Waals surface area contributed by atoms with Crippen molar-refractivity contribution in [2.24, 2.45) is 0 Å². The number of likely N-dealkylation sites (tertiary alicyclic amines) is 1. The molecule has 9 heteroatoms. The Kier molecular flexibility index (Phi) is 6.12. The molecule has 2 aliphatic heterocycles. The zero-order valence-electron chi connectivity index (χ0n) is 20.1. The van der Waals surface area contributed by atoms with Gasteiger partial charge in [-0.3, -0.25) is 9.67 Å². The van der Waals surface area contributed by atoms with E-state index in [0.29, 0.717) is 13.1 Å². The zero-order valence-corrected chi connectivity index (χ0v) is 20.1. The van der Waals surface area contributed by atoms with Crippen LogP contribution in [0.4, 0.5) is 10.5 Å². The quantitative estimate of drug-likeness (QED) is 0.581. The molecular weight excluding hydrogens is 432 g/mol. The molecule has 1 aromatic carbocycles. The van der Waals surface area contributed by atoms with Crippen LogP contribution in [0.25, 0.3) is 22.3 Å². The summed E-state index contributed by atoms with van der Waals surface area (Å²) in [7, 11) is 0. The van der Waals surface area contributed by atoms with Crippen molar-refractivity contribution in [3.8, 4) is 11.3 Å². The molecule has 2 fully saturated rings. The molecule has 0 spiro atoms. The van der Waals surface area contributed by atoms with E-state index in [4.69, 9.17) is 14.5 Å². The van der Waals surface area contributed by atoms with Crippen LogP contribution in [0, 0.1) is 0 Å². The van der Waals surface area contributed by atoms with Crippen LogP contribution >= 0.6 is 0 Å². The van der Waals surface area contributed by atoms with E-state index in [1.165, 1.54) is 0 Å². The van der Waals surface area contributed by atoms with Crippen molar-refractivity contribution in [1.82, 2.24) is 24.6 Å². The molecule has 0 saturated carbocycles. The maximum Gasteiger partial charge on any atom is 0.410 e. The zero-order chi connectivity index (χ0) is 23.7. The van der Waals surface area contributed by atoms with Gasteiger partial charge in [0.2, 0.25) is 0 Å². The van der Waals surface area contributed by atoms with Gasteiger partial charge in [0.25, 0.3) is 0 Å². The summed E-state index contributed by atoms with van der Waals surface area (Å²) in [5.74, 6) is 0. The van der Waals surface area contributed by atoms with Crippen molar-refractivity contribution in [2.75, 3.05) is 44.3 Å². The summed E-state index contributed by atoms with van der Waals surface area (Å²) < 4.78 is 13.0. The number of carbonyl (C=O) groups excluding carboxylic acids is 1. The van der Waals surface area contributed by atoms with Gasteiger partial charge < -0.3 is 19.3 Å². The van der Waals surface area contributed by atoms with Gasteiger partial charge in [0, 0.05) is 37.9 Å². The van der Waals surface area contributed by atoms with Gasteiger partial charge in [0.15, 0.2) is 0 Å². The SMILES string of the molecule is CC(C)(C)OC(=O)N1CCC(n2cc(-c3cnc4cccc(N5CCOCC5)c4n3)cn2)CC1. The van der Waals surface area contributed by atoms with Crippen LogP contribution < -0.4 is 4.90 Å². The highest BCUT2D eigenvalue weighted by molar-refractivity contribution is 5.89. The second-order valence-corrected chi connectivity index (χ2v) is 9.91. The van der Waals surface area contributed by atoms with Crippen LogP contribution in [0.5, 0.6) is 0 Å². The van der Waals surface area contributed by atoms with Crippen LogP contribution in [0.2, 0.25) is 0 Å². The normalized spacial score (nSPS) is 17.9. The van der Waals surface area contributed by atoms with E-state index >= 15 is 0 Å². The molecule has 0 unspecified atom stereocenters. The lowest BCUT2D eigenvalue weighted by molar-refractivity contribution is 0.0185. The number of piperidine rings is 1. The molecule has 0 atom stereocenters. The van der Waals surface area contributed by atoms with E-state index in [-0.39, 0.29) is 12.1 Å². The molecule has 180 valence electrons. The number of fused-ring (bicyclic) bond motifs is 1. The fourth-order valence-corrected chi connectivity index (χ4v) is 4.53. The van der Waals surface area contributed by atoms with Gasteiger partial charge in [0.1, 0.15) is 11.1 Å². The summed E-state index contributed by atoms with van der Waals surface area (Å²) in [6.07, 6.45) is 7.15. The Balaban J connectivity index is 1.31. The molecule has 9 nitrogen and oxygen atoms in total. The van der Waals surface area contributed by atoms with Gasteiger partial charge in [0.05, 0.1) is 48.5 Å². The third kappa shape index (κ3) is 4.84. The third-order valence-corrected chi connectivity index (χ3v) is 6.29. The Morgan fingerprint density at radius 2 is 1.85 bits per heavy atom. The Morgan fingerprint density at radius 3 is 2.59 bits per heavy atom. The number of carbonyl (C=O) groups is 1. The van der Waals surface area contributed by atoms with Gasteiger partial charge in [-0.05, 0) is 45.7 Å². The summed E-state index contributed by atoms with van der Waals surface area (Å²) in [5.41, 5.74) is 4.16. The first-order valence-corrected chi connectivity index (χ1v) is 12.0. The van der Waals surface area contributed by atoms with Gasteiger partial charge >= 0.3 is 6.09 Å². The Morgan fingerprint density at radius 1 is 1.09 bits per heavy atom. The van der Waals surface area contributed by atoms with E-state index in [2.05, 4.69) is 21.0 Å². The van der Waals surface area contributed by atoms with Crippen LogP contribution in [0.1, 0.15) is 39.7 Å². The molecule has 2 aliphatic rings. The molecule has 5 rings (SSSR count). The molecule has 4 heterocycles. The molecule has 34 heavy (non-hydrogen) atoms. The average molecular weight is 465 g/mol. The highest BCUT2D eigenvalue weighted by atomic mass is 16.6. The van der Waals surface area contributed by atoms with E-state index in [0.717, 1.165) is 67.1 Å². The van der Waals surface area contributed by atoms with E-state index in [1.807, 2.05) is 56.2 Å². The molecule has 1 amide bonds. The van der Waals surface area contributed by atoms with Crippen molar-refractivity contribution in [3.05, 3.63) is 36.8 Å². The van der Waals surface area contributed by atoms with E-state index in [1.54, 1.807) is 4.90 Å². The smallest absolute Gasteiger partial charge is 0.410 e. The van der Waals surface area contributed by atoms with Crippen LogP contribution in [-0.2, 0) is 9.47 Å². The summed E-state index contributed by atoms with van der Waals surface area (Å²) in [6, 6.07) is 6.37. The number of hydrogen-bond acceptors (Lipinski definition) is 7. The predicted molar refractivity (Wildman–Crippen MR) is 130 cm³/mol. The number of nitrogens with zero attached hydrogens (tertiary/aromatic N) is 6. The van der Waals surface area contributed by atoms with Crippen LogP contribution in [0.3, 0.4) is 0 Å². The molecule has 0 aliphatic carbocycles. The predicted octanol–water partition coefficient (Wildman–Crippen LogP) is 3.90. The van der Waals surface area contributed by atoms with E-state index < -0.39 is 5.60 Å². The summed E-state index contributed by atoms with van der Waals surface area (Å²) >= 11 is 0. The second kappa shape index (κ2) is 9.21. The number of amides is 1. The Labute approximate surface area is 199 Å². The molecule has 2 saturated heterocycles. The number of benzene rings is 1. The Bertz CT molecular complexity index is 1160. The first-order chi connectivity index (χ1) is 16.4. The van der Waals surface area contributed by atoms with Crippen molar-refractivity contribution in [2.45, 2.75) is 45.3 Å². The Hall–Kier alpha value is -3.20. The molecule has 0 N–H and O–H groups in total. The van der Waals surface area contributed by atoms with Crippen molar-refractivity contribution >= 4 is 22.8 Å². The fraction of sp³-hybridized carbons (Fsp3) is 0.520. The minimum atomic E-state index is -0.479. The van der Waals surface area contributed by atoms with Gasteiger partial charge in [-0.15, -0.1) is 0 Å². The fourth-order valence-electron chi connectivity index (χ4n) is 4.53. The highest BCUT2D eigenvalue weighted by Crippen LogP contribution is 2.29. The first kappa shape index (κ1) is 22.6. The number of para-hydroxylation sites is 1. The van der Waals surface area contributed by atoms with Gasteiger partial charge in [-0.25, -0.2) is 9.78 Å². The van der Waals surface area contributed by atoms with Crippen molar-refractivity contribution in [3.63, 3.8) is 0 Å². The lowest BCUT2D eigenvalue weighted by Gasteiger charge is -2.33.